The molecule has 0 radical (unpaired) electrons. The van der Waals surface area contributed by atoms with Gasteiger partial charge >= 0.3 is 0 Å². The number of halogens is 2. The molecule has 14 heavy (non-hydrogen) atoms. The maximum Gasteiger partial charge on any atom is 0.255 e. The first kappa shape index (κ1) is 11.3. The molecule has 1 rings (SSSR count). The van der Waals surface area contributed by atoms with Crippen molar-refractivity contribution in [3.63, 3.8) is 0 Å². The lowest BCUT2D eigenvalue weighted by atomic mass is 9.68. The van der Waals surface area contributed by atoms with E-state index in [0.29, 0.717) is 12.8 Å². The molecular formula is C8H12F2N2OS. The van der Waals surface area contributed by atoms with Gasteiger partial charge in [0.15, 0.2) is 0 Å². The molecule has 0 aliphatic heterocycles. The highest BCUT2D eigenvalue weighted by atomic mass is 32.1. The number of amides is 1. The predicted molar refractivity (Wildman–Crippen MR) is 52.1 cm³/mol. The molecule has 1 aliphatic rings. The van der Waals surface area contributed by atoms with Crippen LogP contribution in [-0.4, -0.2) is 23.9 Å². The van der Waals surface area contributed by atoms with Gasteiger partial charge in [0, 0.05) is 0 Å². The number of thiocarbonyl (C=S) groups is 1. The molecule has 0 atom stereocenters. The first-order valence-electron chi connectivity index (χ1n) is 4.35. The molecule has 3 N–H and O–H groups in total. The molecule has 1 aliphatic carbocycles. The molecule has 0 aromatic heterocycles. The summed E-state index contributed by atoms with van der Waals surface area (Å²) in [5.41, 5.74) is 4.57. The van der Waals surface area contributed by atoms with Gasteiger partial charge < -0.3 is 11.1 Å². The summed E-state index contributed by atoms with van der Waals surface area (Å²) in [4.78, 5) is 11.6. The summed E-state index contributed by atoms with van der Waals surface area (Å²) in [7, 11) is 0. The summed E-state index contributed by atoms with van der Waals surface area (Å²) in [5, 5.41) is 2.15. The summed E-state index contributed by atoms with van der Waals surface area (Å²) < 4.78 is 23.7. The van der Waals surface area contributed by atoms with Crippen LogP contribution in [0.25, 0.3) is 0 Å². The number of nitrogens with one attached hydrogen (secondary N) is 1. The number of carbonyl (C=O) groups excluding carboxylic acids is 1. The van der Waals surface area contributed by atoms with E-state index < -0.39 is 24.3 Å². The van der Waals surface area contributed by atoms with Crippen molar-refractivity contribution in [2.45, 2.75) is 25.7 Å². The lowest BCUT2D eigenvalue weighted by Gasteiger charge is -2.39. The number of alkyl halides is 2. The van der Waals surface area contributed by atoms with E-state index in [-0.39, 0.29) is 4.99 Å². The number of carbonyl (C=O) groups is 1. The first-order chi connectivity index (χ1) is 6.49. The Balaban J connectivity index is 2.53. The van der Waals surface area contributed by atoms with Crippen LogP contribution in [0, 0.1) is 5.41 Å². The van der Waals surface area contributed by atoms with Crippen molar-refractivity contribution in [2.75, 3.05) is 6.54 Å². The SMILES string of the molecule is NC(=S)C1(C(=O)NCC(F)F)CCC1. The Morgan fingerprint density at radius 1 is 1.57 bits per heavy atom. The molecule has 0 heterocycles. The van der Waals surface area contributed by atoms with Gasteiger partial charge in [0.2, 0.25) is 5.91 Å². The third-order valence-corrected chi connectivity index (χ3v) is 2.92. The highest BCUT2D eigenvalue weighted by Crippen LogP contribution is 2.41. The second-order valence-corrected chi connectivity index (χ2v) is 3.84. The third-order valence-electron chi connectivity index (χ3n) is 2.53. The smallest absolute Gasteiger partial charge is 0.255 e. The second-order valence-electron chi connectivity index (χ2n) is 3.40. The summed E-state index contributed by atoms with van der Waals surface area (Å²) >= 11 is 4.77. The Morgan fingerprint density at radius 2 is 2.14 bits per heavy atom. The van der Waals surface area contributed by atoms with Crippen LogP contribution >= 0.6 is 12.2 Å². The van der Waals surface area contributed by atoms with Gasteiger partial charge in [-0.25, -0.2) is 8.78 Å². The molecule has 0 aromatic rings. The Labute approximate surface area is 86.0 Å². The van der Waals surface area contributed by atoms with Crippen LogP contribution in [0.2, 0.25) is 0 Å². The zero-order chi connectivity index (χ0) is 10.8. The van der Waals surface area contributed by atoms with Gasteiger partial charge in [-0.2, -0.15) is 0 Å². The van der Waals surface area contributed by atoms with Crippen LogP contribution in [0.4, 0.5) is 8.78 Å². The second kappa shape index (κ2) is 4.16. The molecule has 1 saturated carbocycles. The minimum absolute atomic E-state index is 0.107. The zero-order valence-corrected chi connectivity index (χ0v) is 8.37. The maximum atomic E-state index is 11.8. The zero-order valence-electron chi connectivity index (χ0n) is 7.56. The highest BCUT2D eigenvalue weighted by Gasteiger charge is 2.46. The summed E-state index contributed by atoms with van der Waals surface area (Å²) in [6, 6.07) is 0. The molecule has 0 unspecified atom stereocenters. The molecule has 0 bridgehead atoms. The predicted octanol–water partition coefficient (Wildman–Crippen LogP) is 0.824. The molecule has 1 fully saturated rings. The van der Waals surface area contributed by atoms with E-state index in [4.69, 9.17) is 18.0 Å². The molecule has 0 saturated heterocycles. The van der Waals surface area contributed by atoms with E-state index in [2.05, 4.69) is 5.32 Å². The van der Waals surface area contributed by atoms with Crippen LogP contribution in [0.3, 0.4) is 0 Å². The Morgan fingerprint density at radius 3 is 2.43 bits per heavy atom. The quantitative estimate of drug-likeness (QED) is 0.692. The van der Waals surface area contributed by atoms with Gasteiger partial charge in [0.05, 0.1) is 16.9 Å². The fourth-order valence-electron chi connectivity index (χ4n) is 1.45. The lowest BCUT2D eigenvalue weighted by molar-refractivity contribution is -0.131. The van der Waals surface area contributed by atoms with E-state index in [1.54, 1.807) is 0 Å². The van der Waals surface area contributed by atoms with Crippen molar-refractivity contribution in [3.05, 3.63) is 0 Å². The summed E-state index contributed by atoms with van der Waals surface area (Å²) in [6.07, 6.45) is -0.545. The van der Waals surface area contributed by atoms with Crippen molar-refractivity contribution in [3.8, 4) is 0 Å². The van der Waals surface area contributed by atoms with E-state index in [0.717, 1.165) is 6.42 Å². The number of rotatable bonds is 4. The Kier molecular flexibility index (Phi) is 3.36. The van der Waals surface area contributed by atoms with Gasteiger partial charge in [-0.05, 0) is 12.8 Å². The molecular weight excluding hydrogens is 210 g/mol. The number of nitrogens with two attached hydrogens (primary N) is 1. The largest absolute Gasteiger partial charge is 0.392 e. The topological polar surface area (TPSA) is 55.1 Å². The normalized spacial score (nSPS) is 18.8. The van der Waals surface area contributed by atoms with E-state index in [1.165, 1.54) is 0 Å². The van der Waals surface area contributed by atoms with Crippen LogP contribution in [-0.2, 0) is 4.79 Å². The minimum atomic E-state index is -2.54. The molecule has 6 heteroatoms. The monoisotopic (exact) mass is 222 g/mol. The maximum absolute atomic E-state index is 11.8. The van der Waals surface area contributed by atoms with Crippen LogP contribution < -0.4 is 11.1 Å². The van der Waals surface area contributed by atoms with Crippen molar-refractivity contribution in [1.29, 1.82) is 0 Å². The van der Waals surface area contributed by atoms with E-state index >= 15 is 0 Å². The van der Waals surface area contributed by atoms with Gasteiger partial charge in [0.25, 0.3) is 6.43 Å². The first-order valence-corrected chi connectivity index (χ1v) is 4.76. The summed E-state index contributed by atoms with van der Waals surface area (Å²) in [6.45, 7) is -0.636. The minimum Gasteiger partial charge on any atom is -0.392 e. The van der Waals surface area contributed by atoms with Gasteiger partial charge in [-0.1, -0.05) is 18.6 Å². The fourth-order valence-corrected chi connectivity index (χ4v) is 1.75. The Bertz CT molecular complexity index is 254. The van der Waals surface area contributed by atoms with Crippen LogP contribution in [0.15, 0.2) is 0 Å². The third kappa shape index (κ3) is 2.00. The van der Waals surface area contributed by atoms with Crippen molar-refractivity contribution >= 4 is 23.1 Å². The van der Waals surface area contributed by atoms with Crippen LogP contribution in [0.5, 0.6) is 0 Å². The number of hydrogen-bond donors (Lipinski definition) is 2. The number of hydrogen-bond acceptors (Lipinski definition) is 2. The molecule has 0 spiro atoms. The molecule has 80 valence electrons. The van der Waals surface area contributed by atoms with Crippen molar-refractivity contribution < 1.29 is 13.6 Å². The molecule has 0 aromatic carbocycles. The molecule has 3 nitrogen and oxygen atoms in total. The lowest BCUT2D eigenvalue weighted by Crippen LogP contribution is -2.53. The van der Waals surface area contributed by atoms with Crippen LogP contribution in [0.1, 0.15) is 19.3 Å². The Hall–Kier alpha value is -0.780. The average molecular weight is 222 g/mol. The van der Waals surface area contributed by atoms with E-state index in [1.807, 2.05) is 0 Å². The van der Waals surface area contributed by atoms with Crippen molar-refractivity contribution in [2.24, 2.45) is 11.1 Å². The fraction of sp³-hybridized carbons (Fsp3) is 0.750. The summed E-state index contributed by atoms with van der Waals surface area (Å²) in [5.74, 6) is -0.462. The van der Waals surface area contributed by atoms with E-state index in [9.17, 15) is 13.6 Å². The highest BCUT2D eigenvalue weighted by molar-refractivity contribution is 7.80. The van der Waals surface area contributed by atoms with Gasteiger partial charge in [-0.3, -0.25) is 4.79 Å². The standard InChI is InChI=1S/C8H12F2N2OS/c9-5(10)4-12-7(13)8(6(11)14)2-1-3-8/h5H,1-4H2,(H2,11,14)(H,12,13). The van der Waals surface area contributed by atoms with Gasteiger partial charge in [-0.15, -0.1) is 0 Å². The average Bonchev–Trinajstić information content (AvgIpc) is 1.97. The van der Waals surface area contributed by atoms with Crippen molar-refractivity contribution in [1.82, 2.24) is 5.32 Å². The van der Waals surface area contributed by atoms with Gasteiger partial charge in [0.1, 0.15) is 0 Å². The molecule has 1 amide bonds.